The predicted octanol–water partition coefficient (Wildman–Crippen LogP) is 3.59. The van der Waals surface area contributed by atoms with Crippen molar-refractivity contribution < 1.29 is 9.53 Å². The Morgan fingerprint density at radius 1 is 1.32 bits per heavy atom. The van der Waals surface area contributed by atoms with Gasteiger partial charge in [0.05, 0.1) is 6.10 Å². The Balaban J connectivity index is 1.67. The van der Waals surface area contributed by atoms with Crippen molar-refractivity contribution in [2.45, 2.75) is 38.7 Å². The molecule has 0 spiro atoms. The molecule has 0 aliphatic carbocycles. The summed E-state index contributed by atoms with van der Waals surface area (Å²) < 4.78 is 5.85. The lowest BCUT2D eigenvalue weighted by Gasteiger charge is -2.20. The Bertz CT molecular complexity index is 602. The summed E-state index contributed by atoms with van der Waals surface area (Å²) in [5.74, 6) is 0.104. The lowest BCUT2D eigenvalue weighted by Crippen LogP contribution is -2.32. The molecule has 1 aliphatic heterocycles. The normalized spacial score (nSPS) is 19.3. The molecular formula is C18H24N2O2. The maximum atomic E-state index is 12.7. The summed E-state index contributed by atoms with van der Waals surface area (Å²) in [7, 11) is 0. The highest BCUT2D eigenvalue weighted by Gasteiger charge is 2.22. The van der Waals surface area contributed by atoms with Gasteiger partial charge in [-0.2, -0.15) is 0 Å². The minimum Gasteiger partial charge on any atom is -0.378 e. The molecule has 1 N–H and O–H groups in total. The first-order chi connectivity index (χ1) is 10.8. The third-order valence-corrected chi connectivity index (χ3v) is 4.28. The van der Waals surface area contributed by atoms with Gasteiger partial charge in [-0.3, -0.25) is 4.79 Å². The van der Waals surface area contributed by atoms with Crippen LogP contribution in [0.25, 0.3) is 10.9 Å². The van der Waals surface area contributed by atoms with Crippen molar-refractivity contribution in [2.24, 2.45) is 0 Å². The first-order valence-electron chi connectivity index (χ1n) is 8.26. The Morgan fingerprint density at radius 3 is 3.00 bits per heavy atom. The lowest BCUT2D eigenvalue weighted by molar-refractivity contribution is 0.0432. The van der Waals surface area contributed by atoms with Crippen LogP contribution in [0.2, 0.25) is 0 Å². The summed E-state index contributed by atoms with van der Waals surface area (Å²) in [5.41, 5.74) is 1.71. The third-order valence-electron chi connectivity index (χ3n) is 4.28. The number of rotatable bonds is 4. The van der Waals surface area contributed by atoms with E-state index >= 15 is 0 Å². The van der Waals surface area contributed by atoms with Gasteiger partial charge in [0.2, 0.25) is 0 Å². The predicted molar refractivity (Wildman–Crippen MR) is 88.1 cm³/mol. The standard InChI is InChI=1S/C18H24N2O2/c1-2-12-22-15-7-5-10-20(11-9-15)18(21)17-13-14-6-3-4-8-16(14)19-17/h3-4,6,8,13,15,19H,2,5,7,9-12H2,1H3. The summed E-state index contributed by atoms with van der Waals surface area (Å²) in [4.78, 5) is 17.9. The Hall–Kier alpha value is -1.81. The number of amides is 1. The Morgan fingerprint density at radius 2 is 2.18 bits per heavy atom. The zero-order valence-electron chi connectivity index (χ0n) is 13.2. The van der Waals surface area contributed by atoms with Gasteiger partial charge in [0.25, 0.3) is 5.91 Å². The third kappa shape index (κ3) is 3.33. The number of nitrogens with one attached hydrogen (secondary N) is 1. The number of hydrogen-bond acceptors (Lipinski definition) is 2. The molecule has 1 unspecified atom stereocenters. The first-order valence-corrected chi connectivity index (χ1v) is 8.26. The first kappa shape index (κ1) is 15.1. The fraction of sp³-hybridized carbons (Fsp3) is 0.500. The molecule has 2 aromatic rings. The molecule has 1 aromatic heterocycles. The van der Waals surface area contributed by atoms with Crippen LogP contribution in [0.15, 0.2) is 30.3 Å². The largest absolute Gasteiger partial charge is 0.378 e. The monoisotopic (exact) mass is 300 g/mol. The fourth-order valence-corrected chi connectivity index (χ4v) is 3.08. The number of nitrogens with zero attached hydrogens (tertiary/aromatic N) is 1. The fourth-order valence-electron chi connectivity index (χ4n) is 3.08. The van der Waals surface area contributed by atoms with E-state index in [1.807, 2.05) is 35.2 Å². The van der Waals surface area contributed by atoms with Crippen LogP contribution in [0.5, 0.6) is 0 Å². The van der Waals surface area contributed by atoms with Gasteiger partial charge in [0.15, 0.2) is 0 Å². The van der Waals surface area contributed by atoms with Gasteiger partial charge in [0, 0.05) is 30.6 Å². The van der Waals surface area contributed by atoms with Crippen LogP contribution in [0, 0.1) is 0 Å². The van der Waals surface area contributed by atoms with Crippen LogP contribution in [0.3, 0.4) is 0 Å². The van der Waals surface area contributed by atoms with E-state index in [9.17, 15) is 4.79 Å². The summed E-state index contributed by atoms with van der Waals surface area (Å²) in [5, 5.41) is 1.09. The number of carbonyl (C=O) groups is 1. The topological polar surface area (TPSA) is 45.3 Å². The highest BCUT2D eigenvalue weighted by molar-refractivity contribution is 5.98. The summed E-state index contributed by atoms with van der Waals surface area (Å²) >= 11 is 0. The van der Waals surface area contributed by atoms with E-state index in [-0.39, 0.29) is 5.91 Å². The van der Waals surface area contributed by atoms with Gasteiger partial charge < -0.3 is 14.6 Å². The number of aromatic amines is 1. The van der Waals surface area contributed by atoms with Gasteiger partial charge >= 0.3 is 0 Å². The molecule has 22 heavy (non-hydrogen) atoms. The zero-order valence-corrected chi connectivity index (χ0v) is 13.2. The SMILES string of the molecule is CCCOC1CCCN(C(=O)c2cc3ccccc3[nH]2)CC1. The number of benzene rings is 1. The zero-order chi connectivity index (χ0) is 15.4. The second kappa shape index (κ2) is 6.97. The van der Waals surface area contributed by atoms with Crippen molar-refractivity contribution in [1.29, 1.82) is 0 Å². The minimum atomic E-state index is 0.104. The number of ether oxygens (including phenoxy) is 1. The van der Waals surface area contributed by atoms with Crippen LogP contribution in [0.1, 0.15) is 43.1 Å². The van der Waals surface area contributed by atoms with E-state index in [1.165, 1.54) is 0 Å². The Kier molecular flexibility index (Phi) is 4.78. The van der Waals surface area contributed by atoms with Gasteiger partial charge in [0.1, 0.15) is 5.69 Å². The molecule has 1 amide bonds. The second-order valence-electron chi connectivity index (χ2n) is 5.99. The molecule has 4 heteroatoms. The quantitative estimate of drug-likeness (QED) is 0.938. The molecule has 1 fully saturated rings. The van der Waals surface area contributed by atoms with Gasteiger partial charge in [-0.25, -0.2) is 0 Å². The van der Waals surface area contributed by atoms with E-state index < -0.39 is 0 Å². The van der Waals surface area contributed by atoms with E-state index in [2.05, 4.69) is 11.9 Å². The molecule has 1 aliphatic rings. The molecule has 3 rings (SSSR count). The Labute approximate surface area is 131 Å². The van der Waals surface area contributed by atoms with Gasteiger partial charge in [-0.05, 0) is 37.8 Å². The molecule has 1 saturated heterocycles. The van der Waals surface area contributed by atoms with Crippen molar-refractivity contribution in [3.8, 4) is 0 Å². The molecule has 0 saturated carbocycles. The summed E-state index contributed by atoms with van der Waals surface area (Å²) in [6.45, 7) is 4.55. The number of aromatic nitrogens is 1. The van der Waals surface area contributed by atoms with Crippen LogP contribution in [0.4, 0.5) is 0 Å². The van der Waals surface area contributed by atoms with Gasteiger partial charge in [-0.15, -0.1) is 0 Å². The average molecular weight is 300 g/mol. The maximum Gasteiger partial charge on any atom is 0.270 e. The lowest BCUT2D eigenvalue weighted by atomic mass is 10.2. The van der Waals surface area contributed by atoms with Crippen molar-refractivity contribution in [3.05, 3.63) is 36.0 Å². The number of para-hydroxylation sites is 1. The molecule has 4 nitrogen and oxygen atoms in total. The minimum absolute atomic E-state index is 0.104. The van der Waals surface area contributed by atoms with Crippen LogP contribution in [-0.2, 0) is 4.74 Å². The van der Waals surface area contributed by atoms with Crippen molar-refractivity contribution in [2.75, 3.05) is 19.7 Å². The number of fused-ring (bicyclic) bond motifs is 1. The van der Waals surface area contributed by atoms with Crippen molar-refractivity contribution in [3.63, 3.8) is 0 Å². The number of hydrogen-bond donors (Lipinski definition) is 1. The summed E-state index contributed by atoms with van der Waals surface area (Å²) in [6, 6.07) is 9.96. The number of H-pyrrole nitrogens is 1. The van der Waals surface area contributed by atoms with E-state index in [0.29, 0.717) is 11.8 Å². The van der Waals surface area contributed by atoms with Crippen LogP contribution >= 0.6 is 0 Å². The van der Waals surface area contributed by atoms with E-state index in [1.54, 1.807) is 0 Å². The molecule has 2 heterocycles. The number of carbonyl (C=O) groups excluding carboxylic acids is 1. The van der Waals surface area contributed by atoms with Gasteiger partial charge in [-0.1, -0.05) is 25.1 Å². The average Bonchev–Trinajstić information content (AvgIpc) is 2.84. The highest BCUT2D eigenvalue weighted by Crippen LogP contribution is 2.19. The molecule has 118 valence electrons. The molecule has 1 aromatic carbocycles. The molecule has 0 bridgehead atoms. The van der Waals surface area contributed by atoms with Crippen molar-refractivity contribution >= 4 is 16.8 Å². The molecular weight excluding hydrogens is 276 g/mol. The number of likely N-dealkylation sites (tertiary alicyclic amines) is 1. The highest BCUT2D eigenvalue weighted by atomic mass is 16.5. The van der Waals surface area contributed by atoms with E-state index in [4.69, 9.17) is 4.74 Å². The molecule has 0 radical (unpaired) electrons. The smallest absolute Gasteiger partial charge is 0.270 e. The molecule has 1 atom stereocenters. The summed E-state index contributed by atoms with van der Waals surface area (Å²) in [6.07, 6.45) is 4.36. The van der Waals surface area contributed by atoms with Crippen LogP contribution < -0.4 is 0 Å². The van der Waals surface area contributed by atoms with Crippen LogP contribution in [-0.4, -0.2) is 41.6 Å². The second-order valence-corrected chi connectivity index (χ2v) is 5.99. The van der Waals surface area contributed by atoms with E-state index in [0.717, 1.165) is 56.3 Å². The maximum absolute atomic E-state index is 12.7. The van der Waals surface area contributed by atoms with Crippen molar-refractivity contribution in [1.82, 2.24) is 9.88 Å².